The highest BCUT2D eigenvalue weighted by molar-refractivity contribution is 5.91. The number of nitrogens with zero attached hydrogens (tertiary/aromatic N) is 4. The average Bonchev–Trinajstić information content (AvgIpc) is 4.08. The number of aryl methyl sites for hydroxylation is 2. The Morgan fingerprint density at radius 2 is 1.51 bits per heavy atom. The van der Waals surface area contributed by atoms with Crippen LogP contribution in [0.4, 0.5) is 9.59 Å². The number of hydrogen-bond acceptors (Lipinski definition) is 8. The van der Waals surface area contributed by atoms with E-state index in [1.807, 2.05) is 31.9 Å². The highest BCUT2D eigenvalue weighted by Crippen LogP contribution is 2.40. The van der Waals surface area contributed by atoms with E-state index in [0.29, 0.717) is 39.1 Å². The minimum Gasteiger partial charge on any atom is -0.453 e. The number of H-pyrrole nitrogens is 2. The van der Waals surface area contributed by atoms with E-state index in [9.17, 15) is 14.4 Å². The zero-order valence-electron chi connectivity index (χ0n) is 34.3. The summed E-state index contributed by atoms with van der Waals surface area (Å²) in [4.78, 5) is 60.0. The highest BCUT2D eigenvalue weighted by atomic mass is 16.6. The number of alkyl carbamates (subject to hydrolysis) is 1. The number of amides is 3. The standard InChI is InChI=1S/C46H53N7O6/c1-46(2,3)59-45(56)53-20-6-7-37(53)41-47-26-36(49-41)33-12-11-29-23-28(9-10-30(29)25-33)31-13-15-34-32(24-31)14-16-35-40(34)50-42(48-35)38-8-5-19-52(38)43(54)39(51-44(55)57-4)27-17-21-58-22-18-27/h9-13,15,23-27,37-39H,5-8,14,16-22H2,1-4H3,(H,47,49)(H,48,50)(H,51,55)/t37-,38-,39-/m0/s1. The van der Waals surface area contributed by atoms with Crippen LogP contribution in [-0.2, 0) is 31.8 Å². The molecule has 2 aromatic heterocycles. The highest BCUT2D eigenvalue weighted by Gasteiger charge is 2.41. The van der Waals surface area contributed by atoms with Crippen molar-refractivity contribution in [2.75, 3.05) is 33.4 Å². The van der Waals surface area contributed by atoms with Crippen LogP contribution in [0.25, 0.3) is 44.4 Å². The van der Waals surface area contributed by atoms with Crippen LogP contribution >= 0.6 is 0 Å². The van der Waals surface area contributed by atoms with Crippen molar-refractivity contribution in [1.29, 1.82) is 0 Å². The Morgan fingerprint density at radius 1 is 0.831 bits per heavy atom. The number of hydrogen-bond donors (Lipinski definition) is 3. The van der Waals surface area contributed by atoms with Crippen molar-refractivity contribution in [2.24, 2.45) is 5.92 Å². The molecule has 13 heteroatoms. The van der Waals surface area contributed by atoms with Gasteiger partial charge in [-0.25, -0.2) is 19.6 Å². The second-order valence-corrected chi connectivity index (χ2v) is 17.4. The molecule has 0 unspecified atom stereocenters. The lowest BCUT2D eigenvalue weighted by molar-refractivity contribution is -0.136. The summed E-state index contributed by atoms with van der Waals surface area (Å²) in [6.45, 7) is 8.08. The number of methoxy groups -OCH3 is 1. The molecule has 3 saturated heterocycles. The van der Waals surface area contributed by atoms with Crippen molar-refractivity contribution in [3.8, 4) is 33.6 Å². The molecule has 0 radical (unpaired) electrons. The first-order chi connectivity index (χ1) is 28.5. The number of carbonyl (C=O) groups excluding carboxylic acids is 3. The third kappa shape index (κ3) is 7.80. The Labute approximate surface area is 344 Å². The number of aromatic amines is 2. The molecule has 3 N–H and O–H groups in total. The molecule has 0 saturated carbocycles. The molecular formula is C46H53N7O6. The Balaban J connectivity index is 0.911. The summed E-state index contributed by atoms with van der Waals surface area (Å²) >= 11 is 0. The van der Waals surface area contributed by atoms with Gasteiger partial charge in [0.1, 0.15) is 23.3 Å². The van der Waals surface area contributed by atoms with Crippen molar-refractivity contribution in [3.05, 3.63) is 83.7 Å². The second kappa shape index (κ2) is 15.8. The predicted molar refractivity (Wildman–Crippen MR) is 223 cm³/mol. The van der Waals surface area contributed by atoms with Crippen molar-refractivity contribution < 1.29 is 28.6 Å². The molecule has 0 bridgehead atoms. The summed E-state index contributed by atoms with van der Waals surface area (Å²) in [5.74, 6) is 1.49. The molecule has 0 spiro atoms. The molecule has 4 aliphatic rings. The molecule has 5 aromatic rings. The van der Waals surface area contributed by atoms with Gasteiger partial charge in [0.2, 0.25) is 5.91 Å². The van der Waals surface area contributed by atoms with E-state index in [1.54, 1.807) is 4.90 Å². The van der Waals surface area contributed by atoms with E-state index in [0.717, 1.165) is 100 Å². The fraction of sp³-hybridized carbons (Fsp3) is 0.457. The molecule has 3 fully saturated rings. The molecule has 3 amide bonds. The number of imidazole rings is 2. The maximum absolute atomic E-state index is 14.1. The van der Waals surface area contributed by atoms with Crippen LogP contribution in [0.5, 0.6) is 0 Å². The van der Waals surface area contributed by atoms with Crippen molar-refractivity contribution in [3.63, 3.8) is 0 Å². The number of benzene rings is 3. The Bertz CT molecular complexity index is 2390. The lowest BCUT2D eigenvalue weighted by Gasteiger charge is -2.34. The van der Waals surface area contributed by atoms with Crippen LogP contribution < -0.4 is 5.32 Å². The number of rotatable bonds is 7. The predicted octanol–water partition coefficient (Wildman–Crippen LogP) is 8.27. The topological polar surface area (TPSA) is 155 Å². The molecule has 1 aliphatic carbocycles. The molecule has 9 rings (SSSR count). The van der Waals surface area contributed by atoms with Crippen LogP contribution in [0, 0.1) is 5.92 Å². The molecule has 3 atom stereocenters. The van der Waals surface area contributed by atoms with Gasteiger partial charge < -0.3 is 34.4 Å². The molecule has 3 aromatic carbocycles. The van der Waals surface area contributed by atoms with Crippen LogP contribution in [0.3, 0.4) is 0 Å². The van der Waals surface area contributed by atoms with Crippen LogP contribution in [0.15, 0.2) is 60.8 Å². The van der Waals surface area contributed by atoms with E-state index in [4.69, 9.17) is 24.2 Å². The Morgan fingerprint density at radius 3 is 2.25 bits per heavy atom. The summed E-state index contributed by atoms with van der Waals surface area (Å²) in [6, 6.07) is 18.7. The molecule has 308 valence electrons. The van der Waals surface area contributed by atoms with Gasteiger partial charge in [0.05, 0.1) is 42.5 Å². The zero-order chi connectivity index (χ0) is 40.8. The first-order valence-corrected chi connectivity index (χ1v) is 21.1. The lowest BCUT2D eigenvalue weighted by Crippen LogP contribution is -2.53. The molecule has 59 heavy (non-hydrogen) atoms. The van der Waals surface area contributed by atoms with E-state index in [-0.39, 0.29) is 30.0 Å². The maximum atomic E-state index is 14.1. The largest absolute Gasteiger partial charge is 0.453 e. The SMILES string of the molecule is COC(=O)N[C@H](C(=O)N1CCC[C@H]1c1nc2c([nH]1)-c1ccc(-c3ccc4cc(-c5cnc([C@@H]6CCCN6C(=O)OC(C)(C)C)[nH]5)ccc4c3)cc1CC2)C1CCOCC1. The van der Waals surface area contributed by atoms with Crippen LogP contribution in [0.1, 0.15) is 94.3 Å². The number of nitrogens with one attached hydrogen (secondary N) is 3. The van der Waals surface area contributed by atoms with Crippen LogP contribution in [0.2, 0.25) is 0 Å². The van der Waals surface area contributed by atoms with E-state index in [2.05, 4.69) is 69.9 Å². The average molecular weight is 800 g/mol. The van der Waals surface area contributed by atoms with E-state index in [1.165, 1.54) is 12.7 Å². The van der Waals surface area contributed by atoms with Gasteiger partial charge in [-0.15, -0.1) is 0 Å². The fourth-order valence-corrected chi connectivity index (χ4v) is 9.41. The molecular weight excluding hydrogens is 747 g/mol. The molecule has 3 aliphatic heterocycles. The van der Waals surface area contributed by atoms with Gasteiger partial charge in [0.25, 0.3) is 0 Å². The fourth-order valence-electron chi connectivity index (χ4n) is 9.41. The third-order valence-corrected chi connectivity index (χ3v) is 12.4. The van der Waals surface area contributed by atoms with Gasteiger partial charge in [-0.3, -0.25) is 9.69 Å². The van der Waals surface area contributed by atoms with Gasteiger partial charge in [-0.2, -0.15) is 0 Å². The number of carbonyl (C=O) groups is 3. The van der Waals surface area contributed by atoms with Crippen molar-refractivity contribution >= 4 is 28.9 Å². The minimum absolute atomic E-state index is 0.0129. The third-order valence-electron chi connectivity index (χ3n) is 12.4. The molecule has 13 nitrogen and oxygen atoms in total. The zero-order valence-corrected chi connectivity index (χ0v) is 34.3. The second-order valence-electron chi connectivity index (χ2n) is 17.4. The summed E-state index contributed by atoms with van der Waals surface area (Å²) < 4.78 is 16.1. The summed E-state index contributed by atoms with van der Waals surface area (Å²) in [7, 11) is 1.32. The van der Waals surface area contributed by atoms with E-state index < -0.39 is 17.7 Å². The summed E-state index contributed by atoms with van der Waals surface area (Å²) in [6.07, 6.45) is 7.50. The van der Waals surface area contributed by atoms with E-state index >= 15 is 0 Å². The van der Waals surface area contributed by atoms with Gasteiger partial charge in [0.15, 0.2) is 0 Å². The summed E-state index contributed by atoms with van der Waals surface area (Å²) in [5, 5.41) is 5.12. The number of ether oxygens (including phenoxy) is 3. The smallest absolute Gasteiger partial charge is 0.410 e. The molecule has 5 heterocycles. The van der Waals surface area contributed by atoms with Crippen molar-refractivity contribution in [2.45, 2.75) is 95.9 Å². The lowest BCUT2D eigenvalue weighted by atomic mass is 9.89. The van der Waals surface area contributed by atoms with Gasteiger partial charge in [0, 0.05) is 37.4 Å². The monoisotopic (exact) mass is 799 g/mol. The quantitative estimate of drug-likeness (QED) is 0.149. The van der Waals surface area contributed by atoms with Crippen molar-refractivity contribution in [1.82, 2.24) is 35.1 Å². The van der Waals surface area contributed by atoms with Crippen LogP contribution in [-0.4, -0.2) is 92.9 Å². The normalized spacial score (nSPS) is 20.0. The number of aromatic nitrogens is 4. The number of likely N-dealkylation sites (tertiary alicyclic amines) is 2. The maximum Gasteiger partial charge on any atom is 0.410 e. The summed E-state index contributed by atoms with van der Waals surface area (Å²) in [5.41, 5.74) is 8.19. The number of fused-ring (bicyclic) bond motifs is 4. The Hall–Kier alpha value is -5.69. The first kappa shape index (κ1) is 38.8. The minimum atomic E-state index is -0.668. The first-order valence-electron chi connectivity index (χ1n) is 21.1. The Kier molecular flexibility index (Phi) is 10.4. The van der Waals surface area contributed by atoms with Gasteiger partial charge >= 0.3 is 12.2 Å². The van der Waals surface area contributed by atoms with Gasteiger partial charge in [-0.05, 0) is 118 Å². The van der Waals surface area contributed by atoms with Gasteiger partial charge in [-0.1, -0.05) is 42.5 Å².